The Morgan fingerprint density at radius 1 is 1.17 bits per heavy atom. The van der Waals surface area contributed by atoms with E-state index in [0.717, 1.165) is 17.7 Å². The van der Waals surface area contributed by atoms with Crippen LogP contribution >= 0.6 is 0 Å². The van der Waals surface area contributed by atoms with E-state index >= 15 is 0 Å². The van der Waals surface area contributed by atoms with Crippen LogP contribution in [0.2, 0.25) is 0 Å². The number of alkyl halides is 3. The van der Waals surface area contributed by atoms with Crippen LogP contribution in [0.3, 0.4) is 0 Å². The van der Waals surface area contributed by atoms with Crippen LogP contribution in [0.4, 0.5) is 13.2 Å². The summed E-state index contributed by atoms with van der Waals surface area (Å²) in [6.45, 7) is 6.71. The maximum absolute atomic E-state index is 12.2. The summed E-state index contributed by atoms with van der Waals surface area (Å²) in [5, 5.41) is 5.98. The summed E-state index contributed by atoms with van der Waals surface area (Å²) in [6.07, 6.45) is -4.22. The van der Waals surface area contributed by atoms with Gasteiger partial charge in [-0.05, 0) is 44.9 Å². The smallest absolute Gasteiger partial charge is 0.390 e. The molecule has 136 valence electrons. The van der Waals surface area contributed by atoms with E-state index in [-0.39, 0.29) is 12.6 Å². The van der Waals surface area contributed by atoms with Gasteiger partial charge in [-0.15, -0.1) is 0 Å². The van der Waals surface area contributed by atoms with Crippen molar-refractivity contribution in [3.05, 3.63) is 29.8 Å². The number of ether oxygens (including phenoxy) is 1. The topological polar surface area (TPSA) is 45.7 Å². The highest BCUT2D eigenvalue weighted by Crippen LogP contribution is 2.18. The summed E-state index contributed by atoms with van der Waals surface area (Å²) in [4.78, 5) is 3.93. The molecule has 2 N–H and O–H groups in total. The van der Waals surface area contributed by atoms with Gasteiger partial charge in [0.2, 0.25) is 0 Å². The molecule has 24 heavy (non-hydrogen) atoms. The predicted molar refractivity (Wildman–Crippen MR) is 90.6 cm³/mol. The first-order valence-corrected chi connectivity index (χ1v) is 8.14. The maximum atomic E-state index is 12.2. The average molecular weight is 345 g/mol. The number of guanidine groups is 1. The molecule has 0 aliphatic heterocycles. The molecule has 0 unspecified atom stereocenters. The molecule has 0 aromatic heterocycles. The van der Waals surface area contributed by atoms with Crippen LogP contribution in [-0.4, -0.2) is 37.9 Å². The fourth-order valence-corrected chi connectivity index (χ4v) is 1.97. The van der Waals surface area contributed by atoms with Gasteiger partial charge < -0.3 is 15.4 Å². The van der Waals surface area contributed by atoms with Gasteiger partial charge in [0.1, 0.15) is 5.75 Å². The number of hydrogen-bond donors (Lipinski definition) is 2. The lowest BCUT2D eigenvalue weighted by Crippen LogP contribution is -2.38. The molecule has 0 saturated heterocycles. The minimum Gasteiger partial charge on any atom is -0.491 e. The van der Waals surface area contributed by atoms with Crippen molar-refractivity contribution in [3.63, 3.8) is 0 Å². The van der Waals surface area contributed by atoms with Crippen LogP contribution in [0.25, 0.3) is 0 Å². The summed E-state index contributed by atoms with van der Waals surface area (Å²) < 4.78 is 42.0. The highest BCUT2D eigenvalue weighted by Gasteiger charge is 2.26. The van der Waals surface area contributed by atoms with Crippen LogP contribution in [0.5, 0.6) is 5.75 Å². The van der Waals surface area contributed by atoms with Gasteiger partial charge in [-0.25, -0.2) is 0 Å². The quantitative estimate of drug-likeness (QED) is 0.560. The van der Waals surface area contributed by atoms with Crippen molar-refractivity contribution < 1.29 is 17.9 Å². The third kappa shape index (κ3) is 9.27. The van der Waals surface area contributed by atoms with Gasteiger partial charge in [-0.1, -0.05) is 12.1 Å². The first-order valence-electron chi connectivity index (χ1n) is 8.14. The van der Waals surface area contributed by atoms with Crippen LogP contribution in [0.15, 0.2) is 29.3 Å². The van der Waals surface area contributed by atoms with Crippen LogP contribution < -0.4 is 15.4 Å². The van der Waals surface area contributed by atoms with Crippen molar-refractivity contribution in [2.24, 2.45) is 4.99 Å². The van der Waals surface area contributed by atoms with E-state index in [1.54, 1.807) is 0 Å². The molecule has 0 aliphatic carbocycles. The molecule has 0 amide bonds. The zero-order valence-corrected chi connectivity index (χ0v) is 14.4. The Kier molecular flexibility index (Phi) is 8.43. The summed E-state index contributed by atoms with van der Waals surface area (Å²) >= 11 is 0. The summed E-state index contributed by atoms with van der Waals surface area (Å²) in [5.41, 5.74) is 1.12. The SMILES string of the molecule is CCNC(=NCCC(F)(F)F)NCCc1ccc(OC(C)C)cc1. The molecule has 0 fully saturated rings. The van der Waals surface area contributed by atoms with Crippen molar-refractivity contribution in [3.8, 4) is 5.75 Å². The first kappa shape index (κ1) is 20.1. The van der Waals surface area contributed by atoms with Gasteiger partial charge >= 0.3 is 6.18 Å². The van der Waals surface area contributed by atoms with Crippen LogP contribution in [0, 0.1) is 0 Å². The molecule has 7 heteroatoms. The molecular weight excluding hydrogens is 319 g/mol. The zero-order chi connectivity index (χ0) is 18.0. The molecule has 0 aliphatic rings. The number of benzene rings is 1. The van der Waals surface area contributed by atoms with Crippen LogP contribution in [-0.2, 0) is 6.42 Å². The van der Waals surface area contributed by atoms with Crippen molar-refractivity contribution in [2.75, 3.05) is 19.6 Å². The minimum absolute atomic E-state index is 0.133. The first-order chi connectivity index (χ1) is 11.3. The van der Waals surface area contributed by atoms with Gasteiger partial charge in [-0.3, -0.25) is 4.99 Å². The van der Waals surface area contributed by atoms with E-state index in [0.29, 0.717) is 19.0 Å². The van der Waals surface area contributed by atoms with Crippen molar-refractivity contribution in [1.82, 2.24) is 10.6 Å². The Morgan fingerprint density at radius 3 is 2.38 bits per heavy atom. The van der Waals surface area contributed by atoms with E-state index in [9.17, 15) is 13.2 Å². The molecule has 1 rings (SSSR count). The standard InChI is InChI=1S/C17H26F3N3O/c1-4-21-16(23-12-10-17(18,19)20)22-11-9-14-5-7-15(8-6-14)24-13(2)3/h5-8,13H,4,9-12H2,1-3H3,(H2,21,22,23). The van der Waals surface area contributed by atoms with Gasteiger partial charge in [-0.2, -0.15) is 13.2 Å². The summed E-state index contributed by atoms with van der Waals surface area (Å²) in [7, 11) is 0. The molecule has 0 spiro atoms. The molecular formula is C17H26F3N3O. The van der Waals surface area contributed by atoms with Gasteiger partial charge in [0.15, 0.2) is 5.96 Å². The summed E-state index contributed by atoms with van der Waals surface area (Å²) in [5.74, 6) is 1.23. The Morgan fingerprint density at radius 2 is 1.83 bits per heavy atom. The second kappa shape index (κ2) is 10.1. The highest BCUT2D eigenvalue weighted by atomic mass is 19.4. The maximum Gasteiger partial charge on any atom is 0.390 e. The Hall–Kier alpha value is -1.92. The molecule has 0 heterocycles. The number of aliphatic imine (C=N–C) groups is 1. The molecule has 1 aromatic carbocycles. The highest BCUT2D eigenvalue weighted by molar-refractivity contribution is 5.79. The van der Waals surface area contributed by atoms with Gasteiger partial charge in [0, 0.05) is 13.1 Å². The number of halogens is 3. The monoisotopic (exact) mass is 345 g/mol. The summed E-state index contributed by atoms with van der Waals surface area (Å²) in [6, 6.07) is 7.79. The van der Waals surface area contributed by atoms with Gasteiger partial charge in [0.25, 0.3) is 0 Å². The molecule has 4 nitrogen and oxygen atoms in total. The zero-order valence-electron chi connectivity index (χ0n) is 14.4. The van der Waals surface area contributed by atoms with E-state index in [1.165, 1.54) is 0 Å². The lowest BCUT2D eigenvalue weighted by atomic mass is 10.1. The second-order valence-corrected chi connectivity index (χ2v) is 5.61. The predicted octanol–water partition coefficient (Wildman–Crippen LogP) is 3.52. The molecule has 0 radical (unpaired) electrons. The normalized spacial score (nSPS) is 12.4. The Labute approximate surface area is 141 Å². The molecule has 0 atom stereocenters. The van der Waals surface area contributed by atoms with E-state index in [1.807, 2.05) is 45.0 Å². The Balaban J connectivity index is 2.42. The molecule has 0 bridgehead atoms. The average Bonchev–Trinajstić information content (AvgIpc) is 2.47. The Bertz CT molecular complexity index is 499. The molecule has 1 aromatic rings. The van der Waals surface area contributed by atoms with Crippen molar-refractivity contribution in [2.45, 2.75) is 45.9 Å². The van der Waals surface area contributed by atoms with E-state index in [2.05, 4.69) is 15.6 Å². The van der Waals surface area contributed by atoms with Crippen LogP contribution in [0.1, 0.15) is 32.8 Å². The van der Waals surface area contributed by atoms with Crippen molar-refractivity contribution >= 4 is 5.96 Å². The van der Waals surface area contributed by atoms with Gasteiger partial charge in [0.05, 0.1) is 19.1 Å². The fourth-order valence-electron chi connectivity index (χ4n) is 1.97. The fraction of sp³-hybridized carbons (Fsp3) is 0.588. The number of rotatable bonds is 8. The minimum atomic E-state index is -4.18. The van der Waals surface area contributed by atoms with E-state index in [4.69, 9.17) is 4.74 Å². The largest absolute Gasteiger partial charge is 0.491 e. The molecule has 0 saturated carbocycles. The van der Waals surface area contributed by atoms with Crippen molar-refractivity contribution in [1.29, 1.82) is 0 Å². The van der Waals surface area contributed by atoms with E-state index < -0.39 is 12.6 Å². The number of nitrogens with zero attached hydrogens (tertiary/aromatic N) is 1. The number of nitrogens with one attached hydrogen (secondary N) is 2. The number of hydrogen-bond acceptors (Lipinski definition) is 2. The lowest BCUT2D eigenvalue weighted by molar-refractivity contribution is -0.132. The lowest BCUT2D eigenvalue weighted by Gasteiger charge is -2.12. The second-order valence-electron chi connectivity index (χ2n) is 5.61. The third-order valence-corrected chi connectivity index (χ3v) is 3.01. The third-order valence-electron chi connectivity index (χ3n) is 3.01.